The first-order chi connectivity index (χ1) is 9.22. The number of rotatable bonds is 6. The van der Waals surface area contributed by atoms with E-state index in [0.29, 0.717) is 0 Å². The number of imidazole rings is 1. The number of hydrogen-bond donors (Lipinski definition) is 2. The fraction of sp³-hybridized carbons (Fsp3) is 0.357. The average molecular weight is 260 g/mol. The van der Waals surface area contributed by atoms with Crippen molar-refractivity contribution in [1.82, 2.24) is 15.0 Å². The zero-order valence-electron chi connectivity index (χ0n) is 11.3. The molecule has 102 valence electrons. The van der Waals surface area contributed by atoms with Gasteiger partial charge in [0.15, 0.2) is 0 Å². The number of hydrazine groups is 1. The number of nitrogens with zero attached hydrogens (tertiary/aromatic N) is 2. The van der Waals surface area contributed by atoms with E-state index >= 15 is 0 Å². The van der Waals surface area contributed by atoms with Gasteiger partial charge in [-0.15, -0.1) is 0 Å². The molecule has 1 unspecified atom stereocenters. The summed E-state index contributed by atoms with van der Waals surface area (Å²) in [6, 6.07) is 8.20. The molecule has 19 heavy (non-hydrogen) atoms. The molecular formula is C14H20N4O. The molecule has 2 aromatic rings. The quantitative estimate of drug-likeness (QED) is 0.602. The van der Waals surface area contributed by atoms with Crippen LogP contribution >= 0.6 is 0 Å². The molecule has 0 amide bonds. The third kappa shape index (κ3) is 3.56. The Hall–Kier alpha value is -1.85. The maximum Gasteiger partial charge on any atom is 0.118 e. The number of nitrogens with two attached hydrogens (primary N) is 1. The summed E-state index contributed by atoms with van der Waals surface area (Å²) < 4.78 is 7.16. The summed E-state index contributed by atoms with van der Waals surface area (Å²) in [5, 5.41) is 0. The van der Waals surface area contributed by atoms with Gasteiger partial charge in [0.25, 0.3) is 0 Å². The number of aromatic nitrogens is 2. The van der Waals surface area contributed by atoms with Crippen molar-refractivity contribution < 1.29 is 4.74 Å². The van der Waals surface area contributed by atoms with Gasteiger partial charge in [-0.3, -0.25) is 11.3 Å². The molecule has 0 saturated carbocycles. The summed E-state index contributed by atoms with van der Waals surface area (Å²) in [4.78, 5) is 4.32. The number of hydrogen-bond acceptors (Lipinski definition) is 4. The Morgan fingerprint density at radius 3 is 2.58 bits per heavy atom. The van der Waals surface area contributed by atoms with Crippen molar-refractivity contribution in [2.75, 3.05) is 7.11 Å². The lowest BCUT2D eigenvalue weighted by Gasteiger charge is -2.16. The molecule has 5 nitrogen and oxygen atoms in total. The molecule has 0 aliphatic carbocycles. The molecule has 0 aliphatic heterocycles. The number of methoxy groups -OCH3 is 1. The largest absolute Gasteiger partial charge is 0.497 e. The lowest BCUT2D eigenvalue weighted by molar-refractivity contribution is 0.414. The Morgan fingerprint density at radius 2 is 2.05 bits per heavy atom. The molecule has 1 heterocycles. The molecule has 1 aromatic carbocycles. The molecule has 0 saturated heterocycles. The van der Waals surface area contributed by atoms with Gasteiger partial charge in [0.05, 0.1) is 7.11 Å². The standard InChI is InChI=1S/C14H20N4O/c1-18-8-7-16-14(18)10-12(17-15)9-11-3-5-13(19-2)6-4-11/h3-8,12,17H,9-10,15H2,1-2H3. The van der Waals surface area contributed by atoms with Crippen molar-refractivity contribution in [2.45, 2.75) is 18.9 Å². The van der Waals surface area contributed by atoms with Gasteiger partial charge in [-0.05, 0) is 24.1 Å². The number of aryl methyl sites for hydroxylation is 1. The van der Waals surface area contributed by atoms with Crippen LogP contribution in [0.25, 0.3) is 0 Å². The van der Waals surface area contributed by atoms with E-state index < -0.39 is 0 Å². The second kappa shape index (κ2) is 6.36. The van der Waals surface area contributed by atoms with Gasteiger partial charge in [0.1, 0.15) is 11.6 Å². The van der Waals surface area contributed by atoms with E-state index in [1.54, 1.807) is 13.3 Å². The molecule has 0 spiro atoms. The monoisotopic (exact) mass is 260 g/mol. The zero-order chi connectivity index (χ0) is 13.7. The maximum atomic E-state index is 5.63. The first kappa shape index (κ1) is 13.6. The molecule has 1 aromatic heterocycles. The predicted octanol–water partition coefficient (Wildman–Crippen LogP) is 1.05. The van der Waals surface area contributed by atoms with Gasteiger partial charge in [-0.2, -0.15) is 0 Å². The smallest absolute Gasteiger partial charge is 0.118 e. The van der Waals surface area contributed by atoms with Crippen LogP contribution in [0.4, 0.5) is 0 Å². The zero-order valence-corrected chi connectivity index (χ0v) is 11.3. The number of nitrogens with one attached hydrogen (secondary N) is 1. The van der Waals surface area contributed by atoms with Crippen molar-refractivity contribution in [3.63, 3.8) is 0 Å². The predicted molar refractivity (Wildman–Crippen MR) is 74.7 cm³/mol. The molecule has 1 atom stereocenters. The minimum absolute atomic E-state index is 0.162. The van der Waals surface area contributed by atoms with Crippen molar-refractivity contribution in [2.24, 2.45) is 12.9 Å². The van der Waals surface area contributed by atoms with Crippen LogP contribution in [0.5, 0.6) is 5.75 Å². The van der Waals surface area contributed by atoms with Crippen LogP contribution in [0.1, 0.15) is 11.4 Å². The normalized spacial score (nSPS) is 12.4. The third-order valence-electron chi connectivity index (χ3n) is 3.23. The van der Waals surface area contributed by atoms with Crippen LogP contribution in [-0.4, -0.2) is 22.7 Å². The van der Waals surface area contributed by atoms with Crippen molar-refractivity contribution >= 4 is 0 Å². The van der Waals surface area contributed by atoms with Crippen LogP contribution in [0.2, 0.25) is 0 Å². The second-order valence-electron chi connectivity index (χ2n) is 4.57. The van der Waals surface area contributed by atoms with Gasteiger partial charge in [-0.25, -0.2) is 4.98 Å². The summed E-state index contributed by atoms with van der Waals surface area (Å²) in [7, 11) is 3.66. The highest BCUT2D eigenvalue weighted by Gasteiger charge is 2.11. The molecule has 0 bridgehead atoms. The topological polar surface area (TPSA) is 65.1 Å². The molecule has 2 rings (SSSR count). The number of ether oxygens (including phenoxy) is 1. The van der Waals surface area contributed by atoms with Crippen molar-refractivity contribution in [3.05, 3.63) is 48.0 Å². The van der Waals surface area contributed by atoms with E-state index in [-0.39, 0.29) is 6.04 Å². The Bertz CT molecular complexity index is 506. The first-order valence-electron chi connectivity index (χ1n) is 6.28. The Kier molecular flexibility index (Phi) is 4.54. The van der Waals surface area contributed by atoms with Gasteiger partial charge in [0.2, 0.25) is 0 Å². The van der Waals surface area contributed by atoms with Gasteiger partial charge in [0, 0.05) is 31.9 Å². The summed E-state index contributed by atoms with van der Waals surface area (Å²) in [5.41, 5.74) is 4.08. The fourth-order valence-electron chi connectivity index (χ4n) is 2.05. The summed E-state index contributed by atoms with van der Waals surface area (Å²) >= 11 is 0. The van der Waals surface area contributed by atoms with Crippen LogP contribution < -0.4 is 16.0 Å². The molecule has 5 heteroatoms. The SMILES string of the molecule is COc1ccc(CC(Cc2nccn2C)NN)cc1. The molecule has 0 radical (unpaired) electrons. The van der Waals surface area contributed by atoms with E-state index in [1.807, 2.05) is 29.9 Å². The highest BCUT2D eigenvalue weighted by atomic mass is 16.5. The van der Waals surface area contributed by atoms with E-state index in [9.17, 15) is 0 Å². The van der Waals surface area contributed by atoms with Gasteiger partial charge in [-0.1, -0.05) is 12.1 Å². The second-order valence-corrected chi connectivity index (χ2v) is 4.57. The minimum Gasteiger partial charge on any atom is -0.497 e. The van der Waals surface area contributed by atoms with E-state index in [1.165, 1.54) is 5.56 Å². The molecule has 0 aliphatic rings. The molecular weight excluding hydrogens is 240 g/mol. The van der Waals surface area contributed by atoms with Crippen molar-refractivity contribution in [3.8, 4) is 5.75 Å². The fourth-order valence-corrected chi connectivity index (χ4v) is 2.05. The van der Waals surface area contributed by atoms with Crippen LogP contribution in [0, 0.1) is 0 Å². The highest BCUT2D eigenvalue weighted by Crippen LogP contribution is 2.13. The lowest BCUT2D eigenvalue weighted by Crippen LogP contribution is -2.39. The van der Waals surface area contributed by atoms with E-state index in [4.69, 9.17) is 10.6 Å². The van der Waals surface area contributed by atoms with E-state index in [2.05, 4.69) is 22.5 Å². The first-order valence-corrected chi connectivity index (χ1v) is 6.28. The summed E-state index contributed by atoms with van der Waals surface area (Å²) in [6.45, 7) is 0. The Balaban J connectivity index is 2.00. The maximum absolute atomic E-state index is 5.63. The van der Waals surface area contributed by atoms with Crippen LogP contribution in [-0.2, 0) is 19.9 Å². The van der Waals surface area contributed by atoms with Crippen LogP contribution in [0.3, 0.4) is 0 Å². The molecule has 0 fully saturated rings. The van der Waals surface area contributed by atoms with Gasteiger partial charge >= 0.3 is 0 Å². The Labute approximate surface area is 113 Å². The van der Waals surface area contributed by atoms with Crippen LogP contribution in [0.15, 0.2) is 36.7 Å². The number of benzene rings is 1. The highest BCUT2D eigenvalue weighted by molar-refractivity contribution is 5.27. The minimum atomic E-state index is 0.162. The lowest BCUT2D eigenvalue weighted by atomic mass is 10.0. The van der Waals surface area contributed by atoms with Crippen molar-refractivity contribution in [1.29, 1.82) is 0 Å². The Morgan fingerprint density at radius 1 is 1.32 bits per heavy atom. The average Bonchev–Trinajstić information content (AvgIpc) is 2.84. The summed E-state index contributed by atoms with van der Waals surface area (Å²) in [6.07, 6.45) is 5.39. The molecule has 3 N–H and O–H groups in total. The van der Waals surface area contributed by atoms with Gasteiger partial charge < -0.3 is 9.30 Å². The summed E-state index contributed by atoms with van der Waals surface area (Å²) in [5.74, 6) is 7.52. The van der Waals surface area contributed by atoms with E-state index in [0.717, 1.165) is 24.4 Å². The third-order valence-corrected chi connectivity index (χ3v) is 3.23.